The number of hydrogen-bond donors (Lipinski definition) is 1. The normalized spacial score (nSPS) is 16.9. The molecule has 1 aromatic rings. The molecule has 0 heterocycles. The first-order chi connectivity index (χ1) is 14.9. The van der Waals surface area contributed by atoms with Crippen LogP contribution in [0.4, 0.5) is 0 Å². The molecule has 1 aliphatic rings. The fraction of sp³-hybridized carbons (Fsp3) is 0.609. The first kappa shape index (κ1) is 25.6. The van der Waals surface area contributed by atoms with Crippen LogP contribution < -0.4 is 0 Å². The van der Waals surface area contributed by atoms with Crippen LogP contribution in [0, 0.1) is 17.9 Å². The SMILES string of the molecule is CCOP(=O)(OCC)N(CC)CC#COC(=O)C(O)(c1ccccc1)C1CCCCC1. The summed E-state index contributed by atoms with van der Waals surface area (Å²) in [6.07, 6.45) is 6.93. The van der Waals surface area contributed by atoms with Crippen molar-refractivity contribution in [1.29, 1.82) is 0 Å². The molecular formula is C23H34NO6P. The number of ether oxygens (including phenoxy) is 1. The Morgan fingerprint density at radius 2 is 1.74 bits per heavy atom. The van der Waals surface area contributed by atoms with Crippen molar-refractivity contribution in [3.63, 3.8) is 0 Å². The molecule has 0 spiro atoms. The maximum absolute atomic E-state index is 13.0. The van der Waals surface area contributed by atoms with Gasteiger partial charge in [-0.2, -0.15) is 4.67 Å². The molecule has 1 N–H and O–H groups in total. The standard InChI is InChI=1S/C23H34NO6P/c1-4-24(31(27,29-5-2)30-6-3)18-13-19-28-22(25)23(26,20-14-9-7-10-15-20)21-16-11-8-12-17-21/h7,9-10,14-15,21,26H,4-6,8,11-12,16-18H2,1-3H3. The van der Waals surface area contributed by atoms with Crippen LogP contribution in [-0.2, 0) is 28.7 Å². The summed E-state index contributed by atoms with van der Waals surface area (Å²) in [6, 6.07) is 8.90. The van der Waals surface area contributed by atoms with E-state index in [1.807, 2.05) is 13.0 Å². The van der Waals surface area contributed by atoms with Crippen molar-refractivity contribution >= 4 is 13.7 Å². The van der Waals surface area contributed by atoms with E-state index in [1.54, 1.807) is 38.1 Å². The van der Waals surface area contributed by atoms with E-state index < -0.39 is 19.3 Å². The molecule has 0 saturated heterocycles. The van der Waals surface area contributed by atoms with Gasteiger partial charge in [-0.25, -0.2) is 9.36 Å². The third kappa shape index (κ3) is 6.41. The lowest BCUT2D eigenvalue weighted by Gasteiger charge is -2.36. The van der Waals surface area contributed by atoms with Gasteiger partial charge < -0.3 is 9.84 Å². The summed E-state index contributed by atoms with van der Waals surface area (Å²) in [7, 11) is -3.45. The van der Waals surface area contributed by atoms with Crippen LogP contribution in [0.1, 0.15) is 58.4 Å². The molecule has 172 valence electrons. The van der Waals surface area contributed by atoms with E-state index in [1.165, 1.54) is 4.67 Å². The molecular weight excluding hydrogens is 417 g/mol. The largest absolute Gasteiger partial charge is 0.408 e. The van der Waals surface area contributed by atoms with Crippen molar-refractivity contribution in [1.82, 2.24) is 4.67 Å². The molecule has 1 aromatic carbocycles. The number of aliphatic hydroxyl groups is 1. The van der Waals surface area contributed by atoms with Gasteiger partial charge in [-0.3, -0.25) is 9.05 Å². The Morgan fingerprint density at radius 3 is 2.29 bits per heavy atom. The Kier molecular flexibility index (Phi) is 10.2. The molecule has 0 aliphatic heterocycles. The first-order valence-electron chi connectivity index (χ1n) is 11.0. The second kappa shape index (κ2) is 12.4. The van der Waals surface area contributed by atoms with Crippen LogP contribution in [0.5, 0.6) is 0 Å². The molecule has 0 bridgehead atoms. The molecule has 1 atom stereocenters. The highest BCUT2D eigenvalue weighted by Gasteiger charge is 2.47. The van der Waals surface area contributed by atoms with E-state index in [4.69, 9.17) is 13.8 Å². The molecule has 0 aromatic heterocycles. The Labute approximate surface area is 185 Å². The Morgan fingerprint density at radius 1 is 1.13 bits per heavy atom. The van der Waals surface area contributed by atoms with Gasteiger partial charge in [0.25, 0.3) is 0 Å². The monoisotopic (exact) mass is 451 g/mol. The molecule has 8 heteroatoms. The van der Waals surface area contributed by atoms with Gasteiger partial charge in [-0.05, 0) is 38.2 Å². The minimum absolute atomic E-state index is 0.0360. The van der Waals surface area contributed by atoms with Crippen molar-refractivity contribution in [2.45, 2.75) is 58.5 Å². The lowest BCUT2D eigenvalue weighted by Crippen LogP contribution is -2.44. The maximum Gasteiger partial charge on any atom is 0.408 e. The van der Waals surface area contributed by atoms with Crippen LogP contribution in [0.3, 0.4) is 0 Å². The van der Waals surface area contributed by atoms with Gasteiger partial charge >= 0.3 is 13.7 Å². The third-order valence-corrected chi connectivity index (χ3v) is 7.78. The summed E-state index contributed by atoms with van der Waals surface area (Å²) in [5.74, 6) is 1.71. The topological polar surface area (TPSA) is 85.3 Å². The number of benzene rings is 1. The predicted molar refractivity (Wildman–Crippen MR) is 119 cm³/mol. The molecule has 0 amide bonds. The van der Waals surface area contributed by atoms with Gasteiger partial charge in [0.1, 0.15) is 6.11 Å². The highest BCUT2D eigenvalue weighted by Crippen LogP contribution is 2.51. The van der Waals surface area contributed by atoms with E-state index in [0.29, 0.717) is 12.1 Å². The zero-order chi connectivity index (χ0) is 22.7. The number of esters is 1. The van der Waals surface area contributed by atoms with Gasteiger partial charge in [-0.15, -0.1) is 0 Å². The zero-order valence-corrected chi connectivity index (χ0v) is 19.6. The van der Waals surface area contributed by atoms with Crippen LogP contribution in [0.15, 0.2) is 30.3 Å². The van der Waals surface area contributed by atoms with Gasteiger partial charge in [-0.1, -0.05) is 56.5 Å². The molecule has 1 aliphatic carbocycles. The molecule has 1 fully saturated rings. The lowest BCUT2D eigenvalue weighted by atomic mass is 9.73. The highest BCUT2D eigenvalue weighted by molar-refractivity contribution is 7.51. The van der Waals surface area contributed by atoms with E-state index in [-0.39, 0.29) is 25.7 Å². The maximum atomic E-state index is 13.0. The van der Waals surface area contributed by atoms with Crippen molar-refractivity contribution in [3.8, 4) is 12.0 Å². The fourth-order valence-corrected chi connectivity index (χ4v) is 5.56. The summed E-state index contributed by atoms with van der Waals surface area (Å²) in [5.41, 5.74) is -1.23. The summed E-state index contributed by atoms with van der Waals surface area (Å²) >= 11 is 0. The van der Waals surface area contributed by atoms with E-state index in [2.05, 4.69) is 12.0 Å². The van der Waals surface area contributed by atoms with Crippen LogP contribution in [0.25, 0.3) is 0 Å². The average Bonchev–Trinajstić information content (AvgIpc) is 2.79. The van der Waals surface area contributed by atoms with Crippen molar-refractivity contribution in [2.24, 2.45) is 5.92 Å². The summed E-state index contributed by atoms with van der Waals surface area (Å²) in [5, 5.41) is 11.5. The second-order valence-corrected chi connectivity index (χ2v) is 9.44. The fourth-order valence-electron chi connectivity index (χ4n) is 3.92. The number of carbonyl (C=O) groups excluding carboxylic acids is 1. The van der Waals surface area contributed by atoms with Gasteiger partial charge in [0, 0.05) is 12.5 Å². The zero-order valence-electron chi connectivity index (χ0n) is 18.7. The molecule has 1 unspecified atom stereocenters. The molecule has 0 radical (unpaired) electrons. The summed E-state index contributed by atoms with van der Waals surface area (Å²) in [6.45, 7) is 6.19. The molecule has 7 nitrogen and oxygen atoms in total. The first-order valence-corrected chi connectivity index (χ1v) is 12.5. The van der Waals surface area contributed by atoms with E-state index in [9.17, 15) is 14.5 Å². The number of nitrogens with zero attached hydrogens (tertiary/aromatic N) is 1. The predicted octanol–water partition coefficient (Wildman–Crippen LogP) is 4.46. The number of carbonyl (C=O) groups is 1. The lowest BCUT2D eigenvalue weighted by molar-refractivity contribution is -0.168. The number of hydrogen-bond acceptors (Lipinski definition) is 6. The third-order valence-electron chi connectivity index (χ3n) is 5.49. The summed E-state index contributed by atoms with van der Waals surface area (Å²) < 4.78 is 30.2. The second-order valence-electron chi connectivity index (χ2n) is 7.42. The molecule has 2 rings (SSSR count). The van der Waals surface area contributed by atoms with Crippen molar-refractivity contribution in [2.75, 3.05) is 26.3 Å². The number of rotatable bonds is 10. The van der Waals surface area contributed by atoms with Gasteiger partial charge in [0.15, 0.2) is 5.60 Å². The van der Waals surface area contributed by atoms with E-state index >= 15 is 0 Å². The Bertz CT molecular complexity index is 789. The highest BCUT2D eigenvalue weighted by atomic mass is 31.2. The van der Waals surface area contributed by atoms with Gasteiger partial charge in [0.05, 0.1) is 19.8 Å². The van der Waals surface area contributed by atoms with E-state index in [0.717, 1.165) is 32.1 Å². The molecule has 31 heavy (non-hydrogen) atoms. The minimum Gasteiger partial charge on any atom is -0.374 e. The Hall–Kier alpha value is -1.68. The van der Waals surface area contributed by atoms with Crippen LogP contribution in [-0.4, -0.2) is 42.0 Å². The smallest absolute Gasteiger partial charge is 0.374 e. The van der Waals surface area contributed by atoms with Crippen molar-refractivity contribution < 1.29 is 28.3 Å². The minimum atomic E-state index is -3.45. The Balaban J connectivity index is 2.14. The van der Waals surface area contributed by atoms with Crippen LogP contribution in [0.2, 0.25) is 0 Å². The van der Waals surface area contributed by atoms with Gasteiger partial charge in [0.2, 0.25) is 0 Å². The van der Waals surface area contributed by atoms with Crippen molar-refractivity contribution in [3.05, 3.63) is 35.9 Å². The average molecular weight is 452 g/mol. The van der Waals surface area contributed by atoms with Crippen LogP contribution >= 0.6 is 7.75 Å². The summed E-state index contributed by atoms with van der Waals surface area (Å²) in [4.78, 5) is 13.0. The quantitative estimate of drug-likeness (QED) is 0.319. The molecule has 1 saturated carbocycles.